The third kappa shape index (κ3) is 4.58. The summed E-state index contributed by atoms with van der Waals surface area (Å²) in [6.07, 6.45) is 1.20. The second-order valence-corrected chi connectivity index (χ2v) is 8.62. The number of carbonyl (C=O) groups excluding carboxylic acids is 2. The lowest BCUT2D eigenvalue weighted by Gasteiger charge is -2.31. The molecule has 2 aromatic heterocycles. The van der Waals surface area contributed by atoms with E-state index in [1.165, 1.54) is 0 Å². The minimum absolute atomic E-state index is 0.109. The molecule has 10 heteroatoms. The topological polar surface area (TPSA) is 101 Å². The van der Waals surface area contributed by atoms with E-state index in [1.54, 1.807) is 53.4 Å². The standard InChI is InChI=1S/C23H18Cl2N4O4/c24-15-3-1-13(2-4-15)21-27-28-22(33-21)20(30)26-17-7-9-29(10-8-17)23(31)19-12-14-11-16(25)5-6-18(14)32-19/h1-6,11-12,17H,7-10H2,(H,26,30). The molecule has 2 amide bonds. The number of carbonyl (C=O) groups is 2. The zero-order chi connectivity index (χ0) is 22.9. The summed E-state index contributed by atoms with van der Waals surface area (Å²) in [5, 5.41) is 12.6. The van der Waals surface area contributed by atoms with Gasteiger partial charge < -0.3 is 19.1 Å². The highest BCUT2D eigenvalue weighted by Crippen LogP contribution is 2.25. The van der Waals surface area contributed by atoms with Crippen LogP contribution in [-0.2, 0) is 0 Å². The van der Waals surface area contributed by atoms with Crippen molar-refractivity contribution in [2.45, 2.75) is 18.9 Å². The highest BCUT2D eigenvalue weighted by atomic mass is 35.5. The number of amides is 2. The van der Waals surface area contributed by atoms with E-state index in [0.29, 0.717) is 47.1 Å². The summed E-state index contributed by atoms with van der Waals surface area (Å²) < 4.78 is 11.2. The molecule has 5 rings (SSSR count). The van der Waals surface area contributed by atoms with Crippen molar-refractivity contribution in [2.75, 3.05) is 13.1 Å². The summed E-state index contributed by atoms with van der Waals surface area (Å²) in [4.78, 5) is 27.1. The van der Waals surface area contributed by atoms with Crippen LogP contribution in [0.3, 0.4) is 0 Å². The zero-order valence-electron chi connectivity index (χ0n) is 17.3. The van der Waals surface area contributed by atoms with Gasteiger partial charge in [0.15, 0.2) is 5.76 Å². The first kappa shape index (κ1) is 21.5. The van der Waals surface area contributed by atoms with Crippen molar-refractivity contribution in [3.05, 3.63) is 70.2 Å². The number of hydrogen-bond donors (Lipinski definition) is 1. The van der Waals surface area contributed by atoms with Crippen molar-refractivity contribution in [1.82, 2.24) is 20.4 Å². The van der Waals surface area contributed by atoms with E-state index >= 15 is 0 Å². The third-order valence-corrected chi connectivity index (χ3v) is 6.00. The molecule has 33 heavy (non-hydrogen) atoms. The SMILES string of the molecule is O=C(NC1CCN(C(=O)c2cc3cc(Cl)ccc3o2)CC1)c1nnc(-c2ccc(Cl)cc2)o1. The van der Waals surface area contributed by atoms with E-state index in [9.17, 15) is 9.59 Å². The second-order valence-electron chi connectivity index (χ2n) is 7.75. The number of aromatic nitrogens is 2. The predicted molar refractivity (Wildman–Crippen MR) is 122 cm³/mol. The van der Waals surface area contributed by atoms with Crippen molar-refractivity contribution in [3.8, 4) is 11.5 Å². The normalized spacial score (nSPS) is 14.5. The van der Waals surface area contributed by atoms with E-state index < -0.39 is 5.91 Å². The van der Waals surface area contributed by atoms with Gasteiger partial charge in [-0.25, -0.2) is 0 Å². The van der Waals surface area contributed by atoms with E-state index in [1.807, 2.05) is 0 Å². The lowest BCUT2D eigenvalue weighted by molar-refractivity contribution is 0.0667. The fraction of sp³-hybridized carbons (Fsp3) is 0.217. The third-order valence-electron chi connectivity index (χ3n) is 5.52. The first-order chi connectivity index (χ1) is 16.0. The number of fused-ring (bicyclic) bond motifs is 1. The monoisotopic (exact) mass is 484 g/mol. The maximum atomic E-state index is 12.8. The van der Waals surface area contributed by atoms with Gasteiger partial charge in [-0.1, -0.05) is 23.2 Å². The lowest BCUT2D eigenvalue weighted by atomic mass is 10.0. The fourth-order valence-corrected chi connectivity index (χ4v) is 4.08. The lowest BCUT2D eigenvalue weighted by Crippen LogP contribution is -2.46. The molecule has 0 spiro atoms. The highest BCUT2D eigenvalue weighted by molar-refractivity contribution is 6.31. The van der Waals surface area contributed by atoms with Crippen LogP contribution in [0.25, 0.3) is 22.4 Å². The number of furan rings is 1. The number of piperidine rings is 1. The molecule has 8 nitrogen and oxygen atoms in total. The van der Waals surface area contributed by atoms with Crippen molar-refractivity contribution < 1.29 is 18.4 Å². The second kappa shape index (κ2) is 8.88. The van der Waals surface area contributed by atoms with Gasteiger partial charge in [0.25, 0.3) is 5.91 Å². The number of nitrogens with zero attached hydrogens (tertiary/aromatic N) is 3. The van der Waals surface area contributed by atoms with Crippen molar-refractivity contribution in [1.29, 1.82) is 0 Å². The molecular weight excluding hydrogens is 467 g/mol. The van der Waals surface area contributed by atoms with Gasteiger partial charge in [-0.15, -0.1) is 10.2 Å². The van der Waals surface area contributed by atoms with Crippen molar-refractivity contribution in [3.63, 3.8) is 0 Å². The molecule has 1 saturated heterocycles. The number of hydrogen-bond acceptors (Lipinski definition) is 6. The van der Waals surface area contributed by atoms with Crippen LogP contribution in [0, 0.1) is 0 Å². The molecule has 168 valence electrons. The minimum atomic E-state index is -0.443. The maximum Gasteiger partial charge on any atom is 0.309 e. The van der Waals surface area contributed by atoms with Crippen LogP contribution < -0.4 is 5.32 Å². The summed E-state index contributed by atoms with van der Waals surface area (Å²) in [5.41, 5.74) is 1.29. The summed E-state index contributed by atoms with van der Waals surface area (Å²) >= 11 is 11.9. The Balaban J connectivity index is 1.17. The number of benzene rings is 2. The first-order valence-corrected chi connectivity index (χ1v) is 11.1. The van der Waals surface area contributed by atoms with E-state index in [2.05, 4.69) is 15.5 Å². The maximum absolute atomic E-state index is 12.8. The van der Waals surface area contributed by atoms with Crippen LogP contribution in [0.2, 0.25) is 10.0 Å². The van der Waals surface area contributed by atoms with Gasteiger partial charge in [0.05, 0.1) is 0 Å². The molecule has 0 unspecified atom stereocenters. The van der Waals surface area contributed by atoms with E-state index in [-0.39, 0.29) is 29.5 Å². The van der Waals surface area contributed by atoms with Gasteiger partial charge in [-0.2, -0.15) is 0 Å². The van der Waals surface area contributed by atoms with Gasteiger partial charge in [0.1, 0.15) is 5.58 Å². The molecule has 3 heterocycles. The average molecular weight is 485 g/mol. The first-order valence-electron chi connectivity index (χ1n) is 10.3. The minimum Gasteiger partial charge on any atom is -0.451 e. The Hall–Kier alpha value is -3.36. The molecule has 1 fully saturated rings. The number of likely N-dealkylation sites (tertiary alicyclic amines) is 1. The van der Waals surface area contributed by atoms with E-state index in [0.717, 1.165) is 5.39 Å². The van der Waals surface area contributed by atoms with Gasteiger partial charge >= 0.3 is 11.8 Å². The molecule has 0 bridgehead atoms. The molecular formula is C23H18Cl2N4O4. The van der Waals surface area contributed by atoms with Crippen molar-refractivity contribution in [2.24, 2.45) is 0 Å². The Bertz CT molecular complexity index is 1320. The Morgan fingerprint density at radius 2 is 1.67 bits per heavy atom. The van der Waals surface area contributed by atoms with E-state index in [4.69, 9.17) is 32.0 Å². The summed E-state index contributed by atoms with van der Waals surface area (Å²) in [6.45, 7) is 0.975. The van der Waals surface area contributed by atoms with Gasteiger partial charge in [0, 0.05) is 40.1 Å². The van der Waals surface area contributed by atoms with Crippen molar-refractivity contribution >= 4 is 46.0 Å². The summed E-state index contributed by atoms with van der Waals surface area (Å²) in [7, 11) is 0. The van der Waals surface area contributed by atoms with Crippen LogP contribution >= 0.6 is 23.2 Å². The molecule has 2 aromatic carbocycles. The van der Waals surface area contributed by atoms with Crippen LogP contribution in [0.1, 0.15) is 34.1 Å². The van der Waals surface area contributed by atoms with Crippen LogP contribution in [0.15, 0.2) is 57.4 Å². The predicted octanol–water partition coefficient (Wildman–Crippen LogP) is 4.82. The van der Waals surface area contributed by atoms with Crippen LogP contribution in [-0.4, -0.2) is 46.0 Å². The summed E-state index contributed by atoms with van der Waals surface area (Å²) in [6, 6.07) is 13.7. The van der Waals surface area contributed by atoms with Gasteiger partial charge in [-0.05, 0) is 61.4 Å². The molecule has 1 aliphatic heterocycles. The largest absolute Gasteiger partial charge is 0.451 e. The average Bonchev–Trinajstić information content (AvgIpc) is 3.47. The zero-order valence-corrected chi connectivity index (χ0v) is 18.8. The molecule has 1 aliphatic rings. The van der Waals surface area contributed by atoms with Gasteiger partial charge in [-0.3, -0.25) is 9.59 Å². The Kier molecular flexibility index (Phi) is 5.78. The van der Waals surface area contributed by atoms with Crippen LogP contribution in [0.5, 0.6) is 0 Å². The molecule has 0 atom stereocenters. The molecule has 0 saturated carbocycles. The van der Waals surface area contributed by atoms with Gasteiger partial charge in [0.2, 0.25) is 5.89 Å². The molecule has 0 radical (unpaired) electrons. The summed E-state index contributed by atoms with van der Waals surface area (Å²) in [5.74, 6) is -0.225. The molecule has 4 aromatic rings. The fourth-order valence-electron chi connectivity index (χ4n) is 3.77. The van der Waals surface area contributed by atoms with Crippen LogP contribution in [0.4, 0.5) is 0 Å². The molecule has 0 aliphatic carbocycles. The smallest absolute Gasteiger partial charge is 0.309 e. The number of halogens is 2. The number of rotatable bonds is 4. The highest BCUT2D eigenvalue weighted by Gasteiger charge is 2.28. The quantitative estimate of drug-likeness (QED) is 0.445. The Morgan fingerprint density at radius 1 is 0.939 bits per heavy atom. The molecule has 1 N–H and O–H groups in total. The Morgan fingerprint density at radius 3 is 2.42 bits per heavy atom. The Labute approximate surface area is 198 Å². The number of nitrogens with one attached hydrogen (secondary N) is 1.